The van der Waals surface area contributed by atoms with E-state index in [0.29, 0.717) is 16.9 Å². The molecule has 1 aromatic rings. The van der Waals surface area contributed by atoms with E-state index in [2.05, 4.69) is 0 Å². The van der Waals surface area contributed by atoms with Crippen molar-refractivity contribution in [1.29, 1.82) is 0 Å². The highest BCUT2D eigenvalue weighted by Gasteiger charge is 2.09. The van der Waals surface area contributed by atoms with E-state index in [4.69, 9.17) is 4.74 Å². The Balaban J connectivity index is 3.39. The van der Waals surface area contributed by atoms with Crippen LogP contribution in [0.25, 0.3) is 0 Å². The second kappa shape index (κ2) is 3.13. The third kappa shape index (κ3) is 1.29. The Morgan fingerprint density at radius 1 is 1.17 bits per heavy atom. The number of rotatable bonds is 1. The molecular formula is C10H13FO. The topological polar surface area (TPSA) is 9.23 Å². The van der Waals surface area contributed by atoms with E-state index in [1.54, 1.807) is 21.0 Å². The maximum atomic E-state index is 13.4. The van der Waals surface area contributed by atoms with Crippen LogP contribution in [0.3, 0.4) is 0 Å². The van der Waals surface area contributed by atoms with Gasteiger partial charge in [-0.15, -0.1) is 0 Å². The summed E-state index contributed by atoms with van der Waals surface area (Å²) >= 11 is 0. The molecule has 0 radical (unpaired) electrons. The van der Waals surface area contributed by atoms with Crippen LogP contribution < -0.4 is 4.74 Å². The monoisotopic (exact) mass is 168 g/mol. The molecule has 0 saturated heterocycles. The fourth-order valence-corrected chi connectivity index (χ4v) is 1.19. The van der Waals surface area contributed by atoms with Gasteiger partial charge in [0.05, 0.1) is 7.11 Å². The molecule has 0 fully saturated rings. The van der Waals surface area contributed by atoms with Crippen molar-refractivity contribution in [3.63, 3.8) is 0 Å². The highest BCUT2D eigenvalue weighted by molar-refractivity contribution is 5.42. The van der Waals surface area contributed by atoms with Gasteiger partial charge in [-0.2, -0.15) is 0 Å². The van der Waals surface area contributed by atoms with Gasteiger partial charge in [-0.25, -0.2) is 4.39 Å². The van der Waals surface area contributed by atoms with Crippen LogP contribution >= 0.6 is 0 Å². The molecular weight excluding hydrogens is 155 g/mol. The molecule has 0 aliphatic carbocycles. The van der Waals surface area contributed by atoms with Crippen molar-refractivity contribution in [2.24, 2.45) is 0 Å². The molecule has 0 spiro atoms. The van der Waals surface area contributed by atoms with Crippen LogP contribution in [0.15, 0.2) is 6.07 Å². The van der Waals surface area contributed by atoms with E-state index in [1.807, 2.05) is 13.0 Å². The van der Waals surface area contributed by atoms with Crippen LogP contribution in [-0.2, 0) is 0 Å². The van der Waals surface area contributed by atoms with Gasteiger partial charge in [-0.05, 0) is 38.0 Å². The van der Waals surface area contributed by atoms with Gasteiger partial charge in [0.1, 0.15) is 11.6 Å². The standard InChI is InChI=1S/C10H13FO/c1-6-5-9(12-4)8(3)10(11)7(6)2/h5H,1-4H3. The Kier molecular flexibility index (Phi) is 2.36. The number of halogens is 1. The molecule has 0 atom stereocenters. The number of benzene rings is 1. The summed E-state index contributed by atoms with van der Waals surface area (Å²) in [6, 6.07) is 1.85. The molecule has 0 amide bonds. The van der Waals surface area contributed by atoms with Gasteiger partial charge in [-0.3, -0.25) is 0 Å². The summed E-state index contributed by atoms with van der Waals surface area (Å²) < 4.78 is 18.4. The molecule has 0 heterocycles. The normalized spacial score (nSPS) is 10.1. The molecule has 0 aromatic heterocycles. The molecule has 1 aromatic carbocycles. The van der Waals surface area contributed by atoms with Gasteiger partial charge in [0, 0.05) is 5.56 Å². The molecule has 0 aliphatic heterocycles. The number of ether oxygens (including phenoxy) is 1. The summed E-state index contributed by atoms with van der Waals surface area (Å²) in [6.07, 6.45) is 0. The zero-order valence-electron chi connectivity index (χ0n) is 7.86. The number of methoxy groups -OCH3 is 1. The largest absolute Gasteiger partial charge is 0.496 e. The Hall–Kier alpha value is -1.05. The first kappa shape index (κ1) is 9.04. The van der Waals surface area contributed by atoms with Crippen molar-refractivity contribution in [2.45, 2.75) is 20.8 Å². The average molecular weight is 168 g/mol. The third-order valence-electron chi connectivity index (χ3n) is 2.19. The van der Waals surface area contributed by atoms with Crippen LogP contribution in [0.1, 0.15) is 16.7 Å². The minimum atomic E-state index is -0.160. The highest BCUT2D eigenvalue weighted by Crippen LogP contribution is 2.25. The lowest BCUT2D eigenvalue weighted by atomic mass is 10.1. The van der Waals surface area contributed by atoms with E-state index < -0.39 is 0 Å². The van der Waals surface area contributed by atoms with Gasteiger partial charge in [-0.1, -0.05) is 0 Å². The van der Waals surface area contributed by atoms with Crippen molar-refractivity contribution in [3.8, 4) is 5.75 Å². The first-order valence-corrected chi connectivity index (χ1v) is 3.88. The first-order valence-electron chi connectivity index (χ1n) is 3.88. The van der Waals surface area contributed by atoms with Crippen LogP contribution in [0, 0.1) is 26.6 Å². The van der Waals surface area contributed by atoms with Crippen LogP contribution in [-0.4, -0.2) is 7.11 Å². The van der Waals surface area contributed by atoms with Crippen molar-refractivity contribution >= 4 is 0 Å². The minimum absolute atomic E-state index is 0.160. The second-order valence-corrected chi connectivity index (χ2v) is 2.96. The van der Waals surface area contributed by atoms with Crippen molar-refractivity contribution in [1.82, 2.24) is 0 Å². The fraction of sp³-hybridized carbons (Fsp3) is 0.400. The summed E-state index contributed by atoms with van der Waals surface area (Å²) in [5.74, 6) is 0.461. The third-order valence-corrected chi connectivity index (χ3v) is 2.19. The van der Waals surface area contributed by atoms with Crippen LogP contribution in [0.4, 0.5) is 4.39 Å². The van der Waals surface area contributed by atoms with Crippen molar-refractivity contribution in [3.05, 3.63) is 28.6 Å². The Bertz CT molecular complexity index is 305. The van der Waals surface area contributed by atoms with E-state index in [0.717, 1.165) is 5.56 Å². The average Bonchev–Trinajstić information content (AvgIpc) is 2.08. The molecule has 1 rings (SSSR count). The van der Waals surface area contributed by atoms with E-state index >= 15 is 0 Å². The van der Waals surface area contributed by atoms with Gasteiger partial charge in [0.25, 0.3) is 0 Å². The van der Waals surface area contributed by atoms with Gasteiger partial charge in [0.2, 0.25) is 0 Å². The second-order valence-electron chi connectivity index (χ2n) is 2.96. The molecule has 0 bridgehead atoms. The van der Waals surface area contributed by atoms with Gasteiger partial charge in [0.15, 0.2) is 0 Å². The number of aryl methyl sites for hydroxylation is 1. The Morgan fingerprint density at radius 3 is 2.25 bits per heavy atom. The lowest BCUT2D eigenvalue weighted by molar-refractivity contribution is 0.406. The smallest absolute Gasteiger partial charge is 0.132 e. The van der Waals surface area contributed by atoms with E-state index in [9.17, 15) is 4.39 Å². The summed E-state index contributed by atoms with van der Waals surface area (Å²) in [5, 5.41) is 0. The summed E-state index contributed by atoms with van der Waals surface area (Å²) in [6.45, 7) is 5.37. The Labute approximate surface area is 72.2 Å². The number of hydrogen-bond donors (Lipinski definition) is 0. The van der Waals surface area contributed by atoms with Crippen LogP contribution in [0.5, 0.6) is 5.75 Å². The van der Waals surface area contributed by atoms with E-state index in [1.165, 1.54) is 0 Å². The summed E-state index contributed by atoms with van der Waals surface area (Å²) in [7, 11) is 1.55. The maximum Gasteiger partial charge on any atom is 0.132 e. The van der Waals surface area contributed by atoms with Crippen molar-refractivity contribution in [2.75, 3.05) is 7.11 Å². The predicted octanol–water partition coefficient (Wildman–Crippen LogP) is 2.76. The first-order chi connectivity index (χ1) is 5.57. The van der Waals surface area contributed by atoms with Crippen LogP contribution in [0.2, 0.25) is 0 Å². The molecule has 0 saturated carbocycles. The molecule has 2 heteroatoms. The lowest BCUT2D eigenvalue weighted by Crippen LogP contribution is -1.96. The zero-order valence-corrected chi connectivity index (χ0v) is 7.86. The molecule has 0 N–H and O–H groups in total. The van der Waals surface area contributed by atoms with Gasteiger partial charge >= 0.3 is 0 Å². The lowest BCUT2D eigenvalue weighted by Gasteiger charge is -2.09. The number of hydrogen-bond acceptors (Lipinski definition) is 1. The Morgan fingerprint density at radius 2 is 1.75 bits per heavy atom. The molecule has 66 valence electrons. The molecule has 0 unspecified atom stereocenters. The van der Waals surface area contributed by atoms with Crippen molar-refractivity contribution < 1.29 is 9.13 Å². The minimum Gasteiger partial charge on any atom is -0.496 e. The zero-order chi connectivity index (χ0) is 9.30. The van der Waals surface area contributed by atoms with E-state index in [-0.39, 0.29) is 5.82 Å². The fourth-order valence-electron chi connectivity index (χ4n) is 1.19. The molecule has 12 heavy (non-hydrogen) atoms. The summed E-state index contributed by atoms with van der Waals surface area (Å²) in [4.78, 5) is 0. The van der Waals surface area contributed by atoms with Gasteiger partial charge < -0.3 is 4.74 Å². The quantitative estimate of drug-likeness (QED) is 0.626. The molecule has 0 aliphatic rings. The highest BCUT2D eigenvalue weighted by atomic mass is 19.1. The maximum absolute atomic E-state index is 13.4. The predicted molar refractivity (Wildman–Crippen MR) is 47.2 cm³/mol. The SMILES string of the molecule is COc1cc(C)c(C)c(F)c1C. The molecule has 1 nitrogen and oxygen atoms in total. The summed E-state index contributed by atoms with van der Waals surface area (Å²) in [5.41, 5.74) is 2.21.